The third-order valence-corrected chi connectivity index (χ3v) is 4.62. The second kappa shape index (κ2) is 5.31. The summed E-state index contributed by atoms with van der Waals surface area (Å²) >= 11 is 0. The van der Waals surface area contributed by atoms with E-state index in [4.69, 9.17) is 5.11 Å². The molecule has 106 valence electrons. The van der Waals surface area contributed by atoms with Crippen LogP contribution in [0.2, 0.25) is 0 Å². The van der Waals surface area contributed by atoms with Gasteiger partial charge in [0.1, 0.15) is 0 Å². The first-order valence-electron chi connectivity index (χ1n) is 7.00. The fourth-order valence-corrected chi connectivity index (χ4v) is 3.86. The van der Waals surface area contributed by atoms with Crippen LogP contribution in [0.4, 0.5) is 0 Å². The lowest BCUT2D eigenvalue weighted by molar-refractivity contribution is -0.505. The van der Waals surface area contributed by atoms with E-state index >= 15 is 0 Å². The highest BCUT2D eigenvalue weighted by atomic mass is 16.6. The first-order valence-corrected chi connectivity index (χ1v) is 7.00. The number of fused-ring (bicyclic) bond motifs is 1. The Hall–Kier alpha value is -1.39. The standard InChI is InChI=1S/C14H21NO4/c1-2-3-4-10-5-11-7-14(8-13(16)17,9-15(18)19)12(11)6-10/h6,11-12H,2-5,7-9H2,1H3,(H,16,17)/t11-,12+,14+/m1/s1. The molecule has 2 rings (SSSR count). The molecule has 0 aromatic heterocycles. The summed E-state index contributed by atoms with van der Waals surface area (Å²) in [5.74, 6) is -0.359. The second-order valence-corrected chi connectivity index (χ2v) is 6.05. The number of carboxylic acid groups (broad SMARTS) is 1. The van der Waals surface area contributed by atoms with E-state index in [1.54, 1.807) is 0 Å². The maximum Gasteiger partial charge on any atom is 0.304 e. The minimum Gasteiger partial charge on any atom is -0.481 e. The quantitative estimate of drug-likeness (QED) is 0.437. The number of unbranched alkanes of at least 4 members (excludes halogenated alkanes) is 1. The van der Waals surface area contributed by atoms with Crippen LogP contribution in [0.5, 0.6) is 0 Å². The first-order chi connectivity index (χ1) is 8.97. The molecular formula is C14H21NO4. The topological polar surface area (TPSA) is 80.4 Å². The molecule has 0 aliphatic heterocycles. The molecule has 0 aromatic rings. The van der Waals surface area contributed by atoms with Crippen molar-refractivity contribution in [3.8, 4) is 0 Å². The number of nitrogens with zero attached hydrogens (tertiary/aromatic N) is 1. The third kappa shape index (κ3) is 2.80. The van der Waals surface area contributed by atoms with Crippen LogP contribution in [0.25, 0.3) is 0 Å². The highest BCUT2D eigenvalue weighted by Gasteiger charge is 2.58. The zero-order valence-electron chi connectivity index (χ0n) is 11.3. The van der Waals surface area contributed by atoms with E-state index in [2.05, 4.69) is 13.0 Å². The van der Waals surface area contributed by atoms with E-state index in [1.165, 1.54) is 5.57 Å². The molecule has 0 aromatic carbocycles. The predicted molar refractivity (Wildman–Crippen MR) is 70.4 cm³/mol. The molecule has 1 fully saturated rings. The van der Waals surface area contributed by atoms with Gasteiger partial charge in [0.25, 0.3) is 0 Å². The Labute approximate surface area is 112 Å². The molecule has 0 bridgehead atoms. The highest BCUT2D eigenvalue weighted by molar-refractivity contribution is 5.68. The van der Waals surface area contributed by atoms with Gasteiger partial charge in [-0.25, -0.2) is 0 Å². The van der Waals surface area contributed by atoms with Crippen LogP contribution in [-0.2, 0) is 4.79 Å². The summed E-state index contributed by atoms with van der Waals surface area (Å²) < 4.78 is 0. The Morgan fingerprint density at radius 1 is 1.63 bits per heavy atom. The summed E-state index contributed by atoms with van der Waals surface area (Å²) in [5, 5.41) is 19.8. The van der Waals surface area contributed by atoms with Gasteiger partial charge in [-0.15, -0.1) is 0 Å². The Morgan fingerprint density at radius 3 is 2.95 bits per heavy atom. The Kier molecular flexibility index (Phi) is 3.92. The third-order valence-electron chi connectivity index (χ3n) is 4.62. The molecular weight excluding hydrogens is 246 g/mol. The number of aliphatic carboxylic acids is 1. The summed E-state index contributed by atoms with van der Waals surface area (Å²) in [6.45, 7) is 1.93. The zero-order chi connectivity index (χ0) is 14.0. The Morgan fingerprint density at radius 2 is 2.37 bits per heavy atom. The van der Waals surface area contributed by atoms with Crippen LogP contribution >= 0.6 is 0 Å². The van der Waals surface area contributed by atoms with Crippen molar-refractivity contribution in [2.24, 2.45) is 17.3 Å². The molecule has 19 heavy (non-hydrogen) atoms. The summed E-state index contributed by atoms with van der Waals surface area (Å²) in [4.78, 5) is 21.5. The summed E-state index contributed by atoms with van der Waals surface area (Å²) in [7, 11) is 0. The van der Waals surface area contributed by atoms with Crippen molar-refractivity contribution in [3.63, 3.8) is 0 Å². The van der Waals surface area contributed by atoms with Crippen LogP contribution in [0.3, 0.4) is 0 Å². The van der Waals surface area contributed by atoms with Crippen molar-refractivity contribution in [1.29, 1.82) is 0 Å². The monoisotopic (exact) mass is 267 g/mol. The molecule has 2 aliphatic rings. The van der Waals surface area contributed by atoms with Gasteiger partial charge in [-0.2, -0.15) is 0 Å². The van der Waals surface area contributed by atoms with Crippen molar-refractivity contribution in [2.75, 3.05) is 6.54 Å². The number of allylic oxidation sites excluding steroid dienone is 2. The average Bonchev–Trinajstić information content (AvgIpc) is 2.62. The van der Waals surface area contributed by atoms with Crippen molar-refractivity contribution in [2.45, 2.75) is 45.4 Å². The molecule has 3 atom stereocenters. The average molecular weight is 267 g/mol. The lowest BCUT2D eigenvalue weighted by atomic mass is 9.53. The van der Waals surface area contributed by atoms with Gasteiger partial charge in [0.05, 0.1) is 11.8 Å². The van der Waals surface area contributed by atoms with Gasteiger partial charge in [0.2, 0.25) is 6.54 Å². The molecule has 1 N–H and O–H groups in total. The Bertz CT molecular complexity index is 400. The largest absolute Gasteiger partial charge is 0.481 e. The molecule has 1 saturated carbocycles. The van der Waals surface area contributed by atoms with Gasteiger partial charge < -0.3 is 5.11 Å². The lowest BCUT2D eigenvalue weighted by Gasteiger charge is -2.48. The fourth-order valence-electron chi connectivity index (χ4n) is 3.86. The fraction of sp³-hybridized carbons (Fsp3) is 0.786. The van der Waals surface area contributed by atoms with Gasteiger partial charge in [0, 0.05) is 4.92 Å². The molecule has 0 amide bonds. The molecule has 0 unspecified atom stereocenters. The Balaban J connectivity index is 2.08. The number of rotatable bonds is 7. The molecule has 2 aliphatic carbocycles. The molecule has 5 heteroatoms. The van der Waals surface area contributed by atoms with E-state index in [0.29, 0.717) is 12.3 Å². The minimum atomic E-state index is -0.921. The number of hydrogen-bond donors (Lipinski definition) is 1. The number of carbonyl (C=O) groups is 1. The zero-order valence-corrected chi connectivity index (χ0v) is 11.3. The summed E-state index contributed by atoms with van der Waals surface area (Å²) in [6, 6.07) is 0. The minimum absolute atomic E-state index is 0.0767. The van der Waals surface area contributed by atoms with Gasteiger partial charge in [-0.05, 0) is 37.5 Å². The molecule has 0 radical (unpaired) electrons. The van der Waals surface area contributed by atoms with Gasteiger partial charge in [-0.1, -0.05) is 25.0 Å². The lowest BCUT2D eigenvalue weighted by Crippen LogP contribution is -2.50. The maximum atomic E-state index is 11.0. The van der Waals surface area contributed by atoms with Crippen LogP contribution in [0, 0.1) is 27.4 Å². The molecule has 0 saturated heterocycles. The normalized spacial score (nSPS) is 32.4. The van der Waals surface area contributed by atoms with E-state index in [1.807, 2.05) is 0 Å². The van der Waals surface area contributed by atoms with Crippen molar-refractivity contribution >= 4 is 5.97 Å². The van der Waals surface area contributed by atoms with Gasteiger partial charge >= 0.3 is 5.97 Å². The van der Waals surface area contributed by atoms with E-state index in [0.717, 1.165) is 25.7 Å². The van der Waals surface area contributed by atoms with Crippen LogP contribution in [0.15, 0.2) is 11.6 Å². The van der Waals surface area contributed by atoms with Crippen molar-refractivity contribution < 1.29 is 14.8 Å². The molecule has 0 heterocycles. The van der Waals surface area contributed by atoms with Crippen molar-refractivity contribution in [3.05, 3.63) is 21.8 Å². The van der Waals surface area contributed by atoms with Gasteiger partial charge in [-0.3, -0.25) is 14.9 Å². The number of nitro groups is 1. The smallest absolute Gasteiger partial charge is 0.304 e. The SMILES string of the molecule is CCCCC1=C[C@H]2[C@H](C1)C[C@]2(CC(=O)O)C[N+](=O)[O-]. The van der Waals surface area contributed by atoms with Crippen LogP contribution in [0.1, 0.15) is 45.4 Å². The van der Waals surface area contributed by atoms with Crippen LogP contribution in [-0.4, -0.2) is 22.5 Å². The molecule has 0 spiro atoms. The van der Waals surface area contributed by atoms with Crippen LogP contribution < -0.4 is 0 Å². The van der Waals surface area contributed by atoms with E-state index < -0.39 is 11.4 Å². The predicted octanol–water partition coefficient (Wildman–Crippen LogP) is 2.88. The summed E-state index contributed by atoms with van der Waals surface area (Å²) in [6.07, 6.45) is 7.13. The maximum absolute atomic E-state index is 11.0. The number of hydrogen-bond acceptors (Lipinski definition) is 3. The second-order valence-electron chi connectivity index (χ2n) is 6.05. The first kappa shape index (κ1) is 14.0. The van der Waals surface area contributed by atoms with Gasteiger partial charge in [0.15, 0.2) is 0 Å². The highest BCUT2D eigenvalue weighted by Crippen LogP contribution is 2.60. The summed E-state index contributed by atoms with van der Waals surface area (Å²) in [5.41, 5.74) is 0.751. The molecule has 5 nitrogen and oxygen atoms in total. The number of carboxylic acids is 1. The van der Waals surface area contributed by atoms with E-state index in [-0.39, 0.29) is 23.8 Å². The van der Waals surface area contributed by atoms with Crippen molar-refractivity contribution in [1.82, 2.24) is 0 Å². The van der Waals surface area contributed by atoms with E-state index in [9.17, 15) is 14.9 Å².